The Kier molecular flexibility index (Phi) is 3.62. The summed E-state index contributed by atoms with van der Waals surface area (Å²) in [6.45, 7) is -0.213. The minimum absolute atomic E-state index is 0.117. The summed E-state index contributed by atoms with van der Waals surface area (Å²) < 4.78 is 10.8. The van der Waals surface area contributed by atoms with Crippen molar-refractivity contribution < 1.29 is 13.9 Å². The van der Waals surface area contributed by atoms with Gasteiger partial charge in [0, 0.05) is 0 Å². The van der Waals surface area contributed by atoms with E-state index in [0.717, 1.165) is 0 Å². The van der Waals surface area contributed by atoms with Crippen LogP contribution in [0.5, 0.6) is 5.75 Å². The van der Waals surface area contributed by atoms with Gasteiger partial charge >= 0.3 is 0 Å². The summed E-state index contributed by atoms with van der Waals surface area (Å²) in [5.74, 6) is -0.0977. The van der Waals surface area contributed by atoms with Gasteiger partial charge < -0.3 is 14.9 Å². The van der Waals surface area contributed by atoms with E-state index >= 15 is 0 Å². The highest BCUT2D eigenvalue weighted by molar-refractivity contribution is 5.81. The average molecular weight is 295 g/mol. The highest BCUT2D eigenvalue weighted by Crippen LogP contribution is 2.23. The predicted octanol–water partition coefficient (Wildman–Crippen LogP) is 2.32. The minimum atomic E-state index is -0.560. The molecule has 1 heterocycles. The van der Waals surface area contributed by atoms with Crippen LogP contribution in [0.15, 0.2) is 64.0 Å². The van der Waals surface area contributed by atoms with Gasteiger partial charge in [-0.1, -0.05) is 24.3 Å². The number of primary amides is 1. The van der Waals surface area contributed by atoms with Gasteiger partial charge in [0.2, 0.25) is 0 Å². The van der Waals surface area contributed by atoms with Crippen molar-refractivity contribution in [2.24, 2.45) is 5.73 Å². The molecule has 0 saturated heterocycles. The molecule has 5 heteroatoms. The van der Waals surface area contributed by atoms with Crippen molar-refractivity contribution in [3.63, 3.8) is 0 Å². The predicted molar refractivity (Wildman–Crippen MR) is 82.6 cm³/mol. The molecule has 0 unspecified atom stereocenters. The van der Waals surface area contributed by atoms with Crippen LogP contribution in [0.4, 0.5) is 0 Å². The smallest absolute Gasteiger partial charge is 0.255 e. The number of carbonyl (C=O) groups excluding carboxylic acids is 1. The zero-order chi connectivity index (χ0) is 15.5. The molecule has 0 saturated carbocycles. The first-order valence-electron chi connectivity index (χ1n) is 6.67. The number of ether oxygens (including phenoxy) is 1. The van der Waals surface area contributed by atoms with E-state index in [2.05, 4.69) is 0 Å². The maximum Gasteiger partial charge on any atom is 0.255 e. The van der Waals surface area contributed by atoms with Crippen molar-refractivity contribution in [1.29, 1.82) is 0 Å². The Morgan fingerprint density at radius 3 is 2.77 bits per heavy atom. The normalized spacial score (nSPS) is 10.5. The van der Waals surface area contributed by atoms with Crippen molar-refractivity contribution in [3.8, 4) is 16.9 Å². The Bertz CT molecular complexity index is 898. The number of hydrogen-bond donors (Lipinski definition) is 1. The summed E-state index contributed by atoms with van der Waals surface area (Å²) in [6, 6.07) is 13.9. The number of para-hydroxylation sites is 1. The Labute approximate surface area is 125 Å². The second-order valence-corrected chi connectivity index (χ2v) is 4.76. The molecule has 1 amide bonds. The van der Waals surface area contributed by atoms with Crippen LogP contribution in [0.25, 0.3) is 22.1 Å². The molecule has 110 valence electrons. The van der Waals surface area contributed by atoms with Crippen LogP contribution in [0, 0.1) is 0 Å². The third-order valence-corrected chi connectivity index (χ3v) is 3.21. The number of rotatable bonds is 4. The quantitative estimate of drug-likeness (QED) is 0.800. The Hall–Kier alpha value is -3.08. The summed E-state index contributed by atoms with van der Waals surface area (Å²) in [4.78, 5) is 23.3. The first kappa shape index (κ1) is 13.9. The van der Waals surface area contributed by atoms with Gasteiger partial charge in [0.05, 0.1) is 10.9 Å². The van der Waals surface area contributed by atoms with Crippen molar-refractivity contribution >= 4 is 16.9 Å². The van der Waals surface area contributed by atoms with E-state index in [1.165, 1.54) is 6.26 Å². The van der Waals surface area contributed by atoms with E-state index in [0.29, 0.717) is 27.8 Å². The number of benzene rings is 2. The topological polar surface area (TPSA) is 82.5 Å². The first-order valence-corrected chi connectivity index (χ1v) is 6.67. The molecule has 5 nitrogen and oxygen atoms in total. The fourth-order valence-electron chi connectivity index (χ4n) is 2.19. The molecule has 22 heavy (non-hydrogen) atoms. The molecule has 2 aromatic carbocycles. The molecule has 2 N–H and O–H groups in total. The molecule has 0 atom stereocenters. The molecule has 3 rings (SSSR count). The van der Waals surface area contributed by atoms with E-state index in [9.17, 15) is 9.59 Å². The van der Waals surface area contributed by atoms with Crippen LogP contribution in [0.2, 0.25) is 0 Å². The number of fused-ring (bicyclic) bond motifs is 1. The standard InChI is InChI=1S/C17H13NO4/c18-16(19)10-21-12-5-3-4-11(8-12)14-9-22-15-7-2-1-6-13(15)17(14)20/h1-9H,10H2,(H2,18,19). The number of amides is 1. The molecular formula is C17H13NO4. The summed E-state index contributed by atoms with van der Waals surface area (Å²) in [5, 5.41) is 0.517. The Morgan fingerprint density at radius 2 is 1.95 bits per heavy atom. The molecule has 0 fully saturated rings. The third-order valence-electron chi connectivity index (χ3n) is 3.21. The first-order chi connectivity index (χ1) is 10.6. The zero-order valence-electron chi connectivity index (χ0n) is 11.6. The van der Waals surface area contributed by atoms with Crippen LogP contribution >= 0.6 is 0 Å². The maximum absolute atomic E-state index is 12.5. The Morgan fingerprint density at radius 1 is 1.14 bits per heavy atom. The largest absolute Gasteiger partial charge is 0.484 e. The fraction of sp³-hybridized carbons (Fsp3) is 0.0588. The summed E-state index contributed by atoms with van der Waals surface area (Å²) in [7, 11) is 0. The maximum atomic E-state index is 12.5. The summed E-state index contributed by atoms with van der Waals surface area (Å²) in [5.41, 5.74) is 6.56. The minimum Gasteiger partial charge on any atom is -0.484 e. The molecule has 0 spiro atoms. The van der Waals surface area contributed by atoms with Crippen LogP contribution in [-0.2, 0) is 4.79 Å². The van der Waals surface area contributed by atoms with Gasteiger partial charge in [0.15, 0.2) is 12.0 Å². The van der Waals surface area contributed by atoms with Crippen LogP contribution < -0.4 is 15.9 Å². The third kappa shape index (κ3) is 2.69. The number of nitrogens with two attached hydrogens (primary N) is 1. The van der Waals surface area contributed by atoms with Gasteiger partial charge in [-0.25, -0.2) is 0 Å². The monoisotopic (exact) mass is 295 g/mol. The van der Waals surface area contributed by atoms with E-state index in [1.807, 2.05) is 6.07 Å². The lowest BCUT2D eigenvalue weighted by Gasteiger charge is -2.06. The second kappa shape index (κ2) is 5.73. The van der Waals surface area contributed by atoms with E-state index < -0.39 is 5.91 Å². The van der Waals surface area contributed by atoms with Gasteiger partial charge in [-0.05, 0) is 29.8 Å². The summed E-state index contributed by atoms with van der Waals surface area (Å²) >= 11 is 0. The molecule has 0 aliphatic heterocycles. The molecule has 0 radical (unpaired) electrons. The molecular weight excluding hydrogens is 282 g/mol. The van der Waals surface area contributed by atoms with Crippen LogP contribution in [0.3, 0.4) is 0 Å². The van der Waals surface area contributed by atoms with E-state index in [4.69, 9.17) is 14.9 Å². The highest BCUT2D eigenvalue weighted by atomic mass is 16.5. The van der Waals surface area contributed by atoms with Gasteiger partial charge in [-0.3, -0.25) is 9.59 Å². The van der Waals surface area contributed by atoms with Crippen molar-refractivity contribution in [3.05, 3.63) is 65.0 Å². The molecule has 3 aromatic rings. The SMILES string of the molecule is NC(=O)COc1cccc(-c2coc3ccccc3c2=O)c1. The van der Waals surface area contributed by atoms with Crippen molar-refractivity contribution in [2.45, 2.75) is 0 Å². The Balaban J connectivity index is 2.04. The lowest BCUT2D eigenvalue weighted by atomic mass is 10.1. The zero-order valence-corrected chi connectivity index (χ0v) is 11.6. The van der Waals surface area contributed by atoms with Gasteiger partial charge in [0.1, 0.15) is 17.6 Å². The highest BCUT2D eigenvalue weighted by Gasteiger charge is 2.09. The van der Waals surface area contributed by atoms with E-state index in [1.54, 1.807) is 42.5 Å². The van der Waals surface area contributed by atoms with Gasteiger partial charge in [-0.2, -0.15) is 0 Å². The van der Waals surface area contributed by atoms with Gasteiger partial charge in [0.25, 0.3) is 5.91 Å². The van der Waals surface area contributed by atoms with Gasteiger partial charge in [-0.15, -0.1) is 0 Å². The average Bonchev–Trinajstić information content (AvgIpc) is 2.54. The summed E-state index contributed by atoms with van der Waals surface area (Å²) in [6.07, 6.45) is 1.43. The van der Waals surface area contributed by atoms with Crippen molar-refractivity contribution in [1.82, 2.24) is 0 Å². The number of hydrogen-bond acceptors (Lipinski definition) is 4. The van der Waals surface area contributed by atoms with Crippen LogP contribution in [0.1, 0.15) is 0 Å². The van der Waals surface area contributed by atoms with Crippen LogP contribution in [-0.4, -0.2) is 12.5 Å². The molecule has 1 aromatic heterocycles. The molecule has 0 aliphatic carbocycles. The van der Waals surface area contributed by atoms with E-state index in [-0.39, 0.29) is 12.0 Å². The molecule has 0 aliphatic rings. The lowest BCUT2D eigenvalue weighted by Crippen LogP contribution is -2.20. The lowest BCUT2D eigenvalue weighted by molar-refractivity contribution is -0.119. The fourth-order valence-corrected chi connectivity index (χ4v) is 2.19. The van der Waals surface area contributed by atoms with Crippen molar-refractivity contribution in [2.75, 3.05) is 6.61 Å². The second-order valence-electron chi connectivity index (χ2n) is 4.76. The number of carbonyl (C=O) groups is 1. The molecule has 0 bridgehead atoms.